The Hall–Kier alpha value is -2.97. The molecule has 0 unspecified atom stereocenters. The highest BCUT2D eigenvalue weighted by molar-refractivity contribution is 6.28. The van der Waals surface area contributed by atoms with E-state index >= 15 is 0 Å². The Morgan fingerprint density at radius 2 is 1.80 bits per heavy atom. The number of halogens is 1. The van der Waals surface area contributed by atoms with Gasteiger partial charge in [-0.3, -0.25) is 0 Å². The van der Waals surface area contributed by atoms with E-state index in [4.69, 9.17) is 27.5 Å². The Balaban J connectivity index is 2.22. The summed E-state index contributed by atoms with van der Waals surface area (Å²) in [6, 6.07) is 11.2. The first kappa shape index (κ1) is 16.9. The molecule has 0 aliphatic rings. The smallest absolute Gasteiger partial charge is 0.224 e. The van der Waals surface area contributed by atoms with Gasteiger partial charge in [0.2, 0.25) is 5.28 Å². The highest BCUT2D eigenvalue weighted by atomic mass is 35.5. The molecule has 6 heteroatoms. The van der Waals surface area contributed by atoms with Crippen LogP contribution in [0, 0.1) is 12.3 Å². The first-order valence-corrected chi connectivity index (χ1v) is 7.85. The molecule has 0 saturated carbocycles. The van der Waals surface area contributed by atoms with E-state index in [9.17, 15) is 0 Å². The van der Waals surface area contributed by atoms with E-state index < -0.39 is 0 Å². The molecule has 0 spiro atoms. The van der Waals surface area contributed by atoms with E-state index in [1.165, 1.54) is 0 Å². The minimum absolute atomic E-state index is 0.148. The molecule has 0 N–H and O–H groups in total. The highest BCUT2D eigenvalue weighted by Gasteiger charge is 2.16. The number of anilines is 2. The Bertz CT molecular complexity index is 982. The fourth-order valence-electron chi connectivity index (χ4n) is 2.59. The van der Waals surface area contributed by atoms with Crippen LogP contribution in [0.15, 0.2) is 36.4 Å². The largest absolute Gasteiger partial charge is 0.493 e. The summed E-state index contributed by atoms with van der Waals surface area (Å²) >= 11 is 6.13. The summed E-state index contributed by atoms with van der Waals surface area (Å²) < 4.78 is 10.7. The molecule has 0 aliphatic carbocycles. The molecule has 1 aromatic heterocycles. The fourth-order valence-corrected chi connectivity index (χ4v) is 2.77. The van der Waals surface area contributed by atoms with Crippen LogP contribution in [0.2, 0.25) is 5.28 Å². The molecule has 0 radical (unpaired) electrons. The average Bonchev–Trinajstić information content (AvgIpc) is 2.65. The zero-order valence-electron chi connectivity index (χ0n) is 14.1. The van der Waals surface area contributed by atoms with Gasteiger partial charge in [-0.05, 0) is 35.9 Å². The van der Waals surface area contributed by atoms with Crippen LogP contribution in [0.3, 0.4) is 0 Å². The summed E-state index contributed by atoms with van der Waals surface area (Å²) in [6.07, 6.45) is 5.50. The minimum Gasteiger partial charge on any atom is -0.493 e. The number of benzene rings is 2. The van der Waals surface area contributed by atoms with E-state index in [2.05, 4.69) is 15.9 Å². The Morgan fingerprint density at radius 3 is 2.48 bits per heavy atom. The SMILES string of the molecule is C#Cc1cccc(N(C)c2nc(Cl)nc3cc(OC)c(OC)cc23)c1. The molecular formula is C19H16ClN3O2. The quantitative estimate of drug-likeness (QED) is 0.523. The second-order valence-corrected chi connectivity index (χ2v) is 5.63. The van der Waals surface area contributed by atoms with Gasteiger partial charge in [-0.1, -0.05) is 12.0 Å². The van der Waals surface area contributed by atoms with Crippen molar-refractivity contribution in [2.45, 2.75) is 0 Å². The lowest BCUT2D eigenvalue weighted by Crippen LogP contribution is -2.12. The summed E-state index contributed by atoms with van der Waals surface area (Å²) in [5.41, 5.74) is 2.34. The van der Waals surface area contributed by atoms with Crippen LogP contribution < -0.4 is 14.4 Å². The van der Waals surface area contributed by atoms with Gasteiger partial charge < -0.3 is 14.4 Å². The first-order valence-electron chi connectivity index (χ1n) is 7.47. The van der Waals surface area contributed by atoms with E-state index in [1.54, 1.807) is 20.3 Å². The van der Waals surface area contributed by atoms with Gasteiger partial charge in [0, 0.05) is 29.8 Å². The molecule has 25 heavy (non-hydrogen) atoms. The van der Waals surface area contributed by atoms with Gasteiger partial charge >= 0.3 is 0 Å². The van der Waals surface area contributed by atoms with Crippen molar-refractivity contribution in [3.8, 4) is 23.8 Å². The van der Waals surface area contributed by atoms with E-state index in [0.29, 0.717) is 22.8 Å². The van der Waals surface area contributed by atoms with Gasteiger partial charge in [0.1, 0.15) is 5.82 Å². The van der Waals surface area contributed by atoms with Crippen molar-refractivity contribution in [1.29, 1.82) is 0 Å². The summed E-state index contributed by atoms with van der Waals surface area (Å²) in [5, 5.41) is 0.935. The van der Waals surface area contributed by atoms with Crippen LogP contribution in [-0.2, 0) is 0 Å². The van der Waals surface area contributed by atoms with Gasteiger partial charge in [-0.25, -0.2) is 4.98 Å². The molecular weight excluding hydrogens is 338 g/mol. The Kier molecular flexibility index (Phi) is 4.64. The lowest BCUT2D eigenvalue weighted by atomic mass is 10.1. The maximum absolute atomic E-state index is 6.13. The number of methoxy groups -OCH3 is 2. The second kappa shape index (κ2) is 6.88. The normalized spacial score (nSPS) is 10.4. The molecule has 1 heterocycles. The monoisotopic (exact) mass is 353 g/mol. The van der Waals surface area contributed by atoms with Gasteiger partial charge in [0.05, 0.1) is 19.7 Å². The van der Waals surface area contributed by atoms with Gasteiger partial charge in [0.15, 0.2) is 11.5 Å². The molecule has 0 atom stereocenters. The zero-order chi connectivity index (χ0) is 18.0. The number of hydrogen-bond donors (Lipinski definition) is 0. The lowest BCUT2D eigenvalue weighted by molar-refractivity contribution is 0.356. The summed E-state index contributed by atoms with van der Waals surface area (Å²) in [7, 11) is 5.05. The third-order valence-corrected chi connectivity index (χ3v) is 4.04. The molecule has 3 rings (SSSR count). The van der Waals surface area contributed by atoms with E-state index in [0.717, 1.165) is 16.6 Å². The zero-order valence-corrected chi connectivity index (χ0v) is 14.8. The van der Waals surface area contributed by atoms with Crippen LogP contribution in [-0.4, -0.2) is 31.2 Å². The van der Waals surface area contributed by atoms with Crippen molar-refractivity contribution in [1.82, 2.24) is 9.97 Å². The number of terminal acetylenes is 1. The van der Waals surface area contributed by atoms with Crippen molar-refractivity contribution in [3.05, 3.63) is 47.2 Å². The standard InChI is InChI=1S/C19H16ClN3O2/c1-5-12-7-6-8-13(9-12)23(2)18-14-10-16(24-3)17(25-4)11-15(14)21-19(20)22-18/h1,6-11H,2-4H3. The predicted octanol–water partition coefficient (Wildman–Crippen LogP) is 4.05. The maximum atomic E-state index is 6.13. The summed E-state index contributed by atoms with van der Waals surface area (Å²) in [5.74, 6) is 4.44. The lowest BCUT2D eigenvalue weighted by Gasteiger charge is -2.21. The van der Waals surface area contributed by atoms with Crippen molar-refractivity contribution in [2.24, 2.45) is 0 Å². The molecule has 0 saturated heterocycles. The molecule has 0 amide bonds. The third-order valence-electron chi connectivity index (χ3n) is 3.87. The fraction of sp³-hybridized carbons (Fsp3) is 0.158. The first-order chi connectivity index (χ1) is 12.1. The maximum Gasteiger partial charge on any atom is 0.224 e. The Morgan fingerprint density at radius 1 is 1.08 bits per heavy atom. The summed E-state index contributed by atoms with van der Waals surface area (Å²) in [4.78, 5) is 10.6. The van der Waals surface area contributed by atoms with Crippen molar-refractivity contribution in [2.75, 3.05) is 26.2 Å². The molecule has 126 valence electrons. The molecule has 5 nitrogen and oxygen atoms in total. The molecule has 0 bridgehead atoms. The van der Waals surface area contributed by atoms with Gasteiger partial charge in [-0.2, -0.15) is 4.98 Å². The average molecular weight is 354 g/mol. The number of aromatic nitrogens is 2. The molecule has 2 aromatic carbocycles. The number of fused-ring (bicyclic) bond motifs is 1. The van der Waals surface area contributed by atoms with Crippen LogP contribution >= 0.6 is 11.6 Å². The number of rotatable bonds is 4. The van der Waals surface area contributed by atoms with Crippen LogP contribution in [0.25, 0.3) is 10.9 Å². The molecule has 3 aromatic rings. The van der Waals surface area contributed by atoms with Crippen LogP contribution in [0.5, 0.6) is 11.5 Å². The third kappa shape index (κ3) is 3.17. The van der Waals surface area contributed by atoms with E-state index in [1.807, 2.05) is 42.3 Å². The van der Waals surface area contributed by atoms with Crippen molar-refractivity contribution < 1.29 is 9.47 Å². The molecule has 0 fully saturated rings. The predicted molar refractivity (Wildman–Crippen MR) is 100 cm³/mol. The van der Waals surface area contributed by atoms with Gasteiger partial charge in [-0.15, -0.1) is 6.42 Å². The Labute approximate surface area is 151 Å². The highest BCUT2D eigenvalue weighted by Crippen LogP contribution is 2.37. The van der Waals surface area contributed by atoms with Crippen LogP contribution in [0.4, 0.5) is 11.5 Å². The number of ether oxygens (including phenoxy) is 2. The topological polar surface area (TPSA) is 47.5 Å². The minimum atomic E-state index is 0.148. The van der Waals surface area contributed by atoms with E-state index in [-0.39, 0.29) is 5.28 Å². The van der Waals surface area contributed by atoms with Gasteiger partial charge in [0.25, 0.3) is 0 Å². The van der Waals surface area contributed by atoms with Crippen LogP contribution in [0.1, 0.15) is 5.56 Å². The second-order valence-electron chi connectivity index (χ2n) is 5.29. The number of hydrogen-bond acceptors (Lipinski definition) is 5. The van der Waals surface area contributed by atoms with Crippen molar-refractivity contribution >= 4 is 34.0 Å². The molecule has 0 aliphatic heterocycles. The van der Waals surface area contributed by atoms with Crippen molar-refractivity contribution in [3.63, 3.8) is 0 Å². The summed E-state index contributed by atoms with van der Waals surface area (Å²) in [6.45, 7) is 0. The number of nitrogens with zero attached hydrogens (tertiary/aromatic N) is 3.